The van der Waals surface area contributed by atoms with E-state index in [9.17, 15) is 9.59 Å². The molecule has 0 bridgehead atoms. The highest BCUT2D eigenvalue weighted by atomic mass is 16.5. The Morgan fingerprint density at radius 3 is 2.22 bits per heavy atom. The Morgan fingerprint density at radius 1 is 0.963 bits per heavy atom. The van der Waals surface area contributed by atoms with Gasteiger partial charge in [-0.05, 0) is 49.6 Å². The molecule has 27 heavy (non-hydrogen) atoms. The molecule has 0 radical (unpaired) electrons. The van der Waals surface area contributed by atoms with Crippen LogP contribution in [0, 0.1) is 12.3 Å². The molecule has 6 heteroatoms. The standard InChI is InChI=1S/C21H24N2O4/c1-14-4-7-16(8-5-14)23-20(25)21(10-11-21)19(24)22-13-15-6-9-17(26-2)18(12-15)27-3/h4-9,12H,10-11,13H2,1-3H3,(H,22,24)(H,23,25). The normalized spacial score (nSPS) is 14.2. The molecule has 0 atom stereocenters. The maximum Gasteiger partial charge on any atom is 0.240 e. The minimum absolute atomic E-state index is 0.248. The fraction of sp³-hybridized carbons (Fsp3) is 0.333. The molecule has 0 unspecified atom stereocenters. The van der Waals surface area contributed by atoms with Crippen molar-refractivity contribution in [3.8, 4) is 11.5 Å². The van der Waals surface area contributed by atoms with E-state index in [0.29, 0.717) is 36.6 Å². The van der Waals surface area contributed by atoms with Crippen molar-refractivity contribution >= 4 is 17.5 Å². The number of hydrogen-bond acceptors (Lipinski definition) is 4. The van der Waals surface area contributed by atoms with Gasteiger partial charge in [0.05, 0.1) is 14.2 Å². The third kappa shape index (κ3) is 4.05. The first-order valence-corrected chi connectivity index (χ1v) is 8.86. The van der Waals surface area contributed by atoms with Gasteiger partial charge in [-0.2, -0.15) is 0 Å². The first kappa shape index (κ1) is 18.8. The van der Waals surface area contributed by atoms with E-state index in [-0.39, 0.29) is 11.8 Å². The van der Waals surface area contributed by atoms with Crippen LogP contribution in [0.25, 0.3) is 0 Å². The van der Waals surface area contributed by atoms with E-state index in [1.807, 2.05) is 43.3 Å². The Kier molecular flexibility index (Phi) is 5.35. The zero-order chi connectivity index (χ0) is 19.4. The van der Waals surface area contributed by atoms with Gasteiger partial charge in [0, 0.05) is 12.2 Å². The van der Waals surface area contributed by atoms with E-state index < -0.39 is 5.41 Å². The van der Waals surface area contributed by atoms with Crippen LogP contribution in [-0.2, 0) is 16.1 Å². The third-order valence-electron chi connectivity index (χ3n) is 4.83. The van der Waals surface area contributed by atoms with Crippen LogP contribution in [-0.4, -0.2) is 26.0 Å². The molecule has 1 aliphatic carbocycles. The highest BCUT2D eigenvalue weighted by molar-refractivity contribution is 6.13. The summed E-state index contributed by atoms with van der Waals surface area (Å²) in [5.74, 6) is 0.726. The van der Waals surface area contributed by atoms with Crippen LogP contribution in [0.3, 0.4) is 0 Å². The number of benzene rings is 2. The summed E-state index contributed by atoms with van der Waals surface area (Å²) >= 11 is 0. The number of anilines is 1. The van der Waals surface area contributed by atoms with Crippen LogP contribution < -0.4 is 20.1 Å². The van der Waals surface area contributed by atoms with Crippen molar-refractivity contribution in [1.82, 2.24) is 5.32 Å². The Bertz CT molecular complexity index is 842. The number of ether oxygens (including phenoxy) is 2. The molecule has 6 nitrogen and oxygen atoms in total. The highest BCUT2D eigenvalue weighted by Crippen LogP contribution is 2.47. The van der Waals surface area contributed by atoms with E-state index in [1.165, 1.54) is 0 Å². The Hall–Kier alpha value is -3.02. The second kappa shape index (κ2) is 7.70. The molecule has 1 aliphatic rings. The fourth-order valence-electron chi connectivity index (χ4n) is 2.91. The molecule has 1 fully saturated rings. The summed E-state index contributed by atoms with van der Waals surface area (Å²) in [4.78, 5) is 25.2. The maximum absolute atomic E-state index is 12.6. The molecule has 0 heterocycles. The van der Waals surface area contributed by atoms with Gasteiger partial charge in [-0.15, -0.1) is 0 Å². The van der Waals surface area contributed by atoms with Crippen molar-refractivity contribution in [2.24, 2.45) is 5.41 Å². The molecule has 3 rings (SSSR count). The van der Waals surface area contributed by atoms with Gasteiger partial charge in [0.1, 0.15) is 5.41 Å². The number of rotatable bonds is 7. The van der Waals surface area contributed by atoms with Gasteiger partial charge in [-0.1, -0.05) is 23.8 Å². The van der Waals surface area contributed by atoms with Crippen LogP contribution >= 0.6 is 0 Å². The largest absolute Gasteiger partial charge is 0.493 e. The van der Waals surface area contributed by atoms with Gasteiger partial charge in [0.25, 0.3) is 0 Å². The number of hydrogen-bond donors (Lipinski definition) is 2. The van der Waals surface area contributed by atoms with E-state index in [4.69, 9.17) is 9.47 Å². The van der Waals surface area contributed by atoms with Crippen LogP contribution in [0.2, 0.25) is 0 Å². The number of carbonyl (C=O) groups is 2. The zero-order valence-corrected chi connectivity index (χ0v) is 15.8. The first-order valence-electron chi connectivity index (χ1n) is 8.86. The molecule has 1 saturated carbocycles. The number of carbonyl (C=O) groups excluding carboxylic acids is 2. The van der Waals surface area contributed by atoms with Crippen LogP contribution in [0.4, 0.5) is 5.69 Å². The molecular weight excluding hydrogens is 344 g/mol. The first-order chi connectivity index (χ1) is 13.0. The van der Waals surface area contributed by atoms with Gasteiger partial charge in [0.15, 0.2) is 11.5 Å². The smallest absolute Gasteiger partial charge is 0.240 e. The second-order valence-corrected chi connectivity index (χ2v) is 6.77. The van der Waals surface area contributed by atoms with Crippen LogP contribution in [0.15, 0.2) is 42.5 Å². The van der Waals surface area contributed by atoms with Crippen molar-refractivity contribution in [2.45, 2.75) is 26.3 Å². The Labute approximate surface area is 158 Å². The number of nitrogens with one attached hydrogen (secondary N) is 2. The number of aryl methyl sites for hydroxylation is 1. The summed E-state index contributed by atoms with van der Waals surface area (Å²) in [6.07, 6.45) is 1.12. The minimum atomic E-state index is -0.971. The molecule has 2 aromatic rings. The van der Waals surface area contributed by atoms with Crippen LogP contribution in [0.5, 0.6) is 11.5 Å². The molecule has 2 amide bonds. The zero-order valence-electron chi connectivity index (χ0n) is 15.8. The molecular formula is C21H24N2O4. The Morgan fingerprint density at radius 2 is 1.63 bits per heavy atom. The van der Waals surface area contributed by atoms with Crippen molar-refractivity contribution in [3.05, 3.63) is 53.6 Å². The van der Waals surface area contributed by atoms with Crippen LogP contribution in [0.1, 0.15) is 24.0 Å². The lowest BCUT2D eigenvalue weighted by Gasteiger charge is -2.16. The SMILES string of the molecule is COc1ccc(CNC(=O)C2(C(=O)Nc3ccc(C)cc3)CC2)cc1OC. The average Bonchev–Trinajstić information content (AvgIpc) is 3.49. The lowest BCUT2D eigenvalue weighted by atomic mass is 10.0. The summed E-state index contributed by atoms with van der Waals surface area (Å²) in [5, 5.41) is 5.72. The Balaban J connectivity index is 1.61. The van der Waals surface area contributed by atoms with Gasteiger partial charge in [-0.25, -0.2) is 0 Å². The molecule has 2 aromatic carbocycles. The van der Waals surface area contributed by atoms with E-state index in [1.54, 1.807) is 20.3 Å². The third-order valence-corrected chi connectivity index (χ3v) is 4.83. The van der Waals surface area contributed by atoms with Crippen molar-refractivity contribution in [3.63, 3.8) is 0 Å². The van der Waals surface area contributed by atoms with Gasteiger partial charge >= 0.3 is 0 Å². The number of methoxy groups -OCH3 is 2. The molecule has 0 aromatic heterocycles. The molecule has 0 saturated heterocycles. The quantitative estimate of drug-likeness (QED) is 0.737. The summed E-state index contributed by atoms with van der Waals surface area (Å²) in [6, 6.07) is 13.0. The lowest BCUT2D eigenvalue weighted by Crippen LogP contribution is -2.39. The fourth-order valence-corrected chi connectivity index (χ4v) is 2.91. The lowest BCUT2D eigenvalue weighted by molar-refractivity contribution is -0.134. The monoisotopic (exact) mass is 368 g/mol. The second-order valence-electron chi connectivity index (χ2n) is 6.77. The topological polar surface area (TPSA) is 76.7 Å². The summed E-state index contributed by atoms with van der Waals surface area (Å²) in [5.41, 5.74) is 1.71. The molecule has 2 N–H and O–H groups in total. The van der Waals surface area contributed by atoms with Gasteiger partial charge in [0.2, 0.25) is 11.8 Å². The van der Waals surface area contributed by atoms with Crippen molar-refractivity contribution < 1.29 is 19.1 Å². The molecule has 0 aliphatic heterocycles. The molecule has 0 spiro atoms. The summed E-state index contributed by atoms with van der Waals surface area (Å²) in [6.45, 7) is 2.30. The summed E-state index contributed by atoms with van der Waals surface area (Å²) in [7, 11) is 3.14. The average molecular weight is 368 g/mol. The van der Waals surface area contributed by atoms with Gasteiger partial charge < -0.3 is 20.1 Å². The summed E-state index contributed by atoms with van der Waals surface area (Å²) < 4.78 is 10.5. The highest BCUT2D eigenvalue weighted by Gasteiger charge is 2.56. The predicted octanol–water partition coefficient (Wildman–Crippen LogP) is 3.05. The number of amides is 2. The van der Waals surface area contributed by atoms with E-state index in [0.717, 1.165) is 11.1 Å². The van der Waals surface area contributed by atoms with Crippen molar-refractivity contribution in [2.75, 3.05) is 19.5 Å². The maximum atomic E-state index is 12.6. The van der Waals surface area contributed by atoms with Crippen molar-refractivity contribution in [1.29, 1.82) is 0 Å². The van der Waals surface area contributed by atoms with E-state index >= 15 is 0 Å². The predicted molar refractivity (Wildman–Crippen MR) is 103 cm³/mol. The minimum Gasteiger partial charge on any atom is -0.493 e. The molecule has 142 valence electrons. The van der Waals surface area contributed by atoms with E-state index in [2.05, 4.69) is 10.6 Å². The van der Waals surface area contributed by atoms with Gasteiger partial charge in [-0.3, -0.25) is 9.59 Å².